The summed E-state index contributed by atoms with van der Waals surface area (Å²) in [4.78, 5) is 3.39. The Labute approximate surface area is 136 Å². The molecule has 1 heterocycles. The summed E-state index contributed by atoms with van der Waals surface area (Å²) >= 11 is 1.79. The number of hydrogen-bond acceptors (Lipinski definition) is 5. The molecule has 23 heavy (non-hydrogen) atoms. The second kappa shape index (κ2) is 7.25. The number of hydrogen-bond donors (Lipinski definition) is 0. The molecule has 0 saturated heterocycles. The van der Waals surface area contributed by atoms with Gasteiger partial charge in [0.05, 0.1) is 12.7 Å². The molecule has 0 atom stereocenters. The summed E-state index contributed by atoms with van der Waals surface area (Å²) in [7, 11) is 1.45. The second-order valence-corrected chi connectivity index (χ2v) is 6.39. The van der Waals surface area contributed by atoms with E-state index >= 15 is 0 Å². The van der Waals surface area contributed by atoms with Crippen LogP contribution in [0.15, 0.2) is 22.7 Å². The zero-order valence-electron chi connectivity index (χ0n) is 13.0. The van der Waals surface area contributed by atoms with E-state index in [2.05, 4.69) is 28.5 Å². The van der Waals surface area contributed by atoms with Gasteiger partial charge in [-0.05, 0) is 29.4 Å². The number of thioether (sulfide) groups is 1. The molecule has 0 aliphatic heterocycles. The molecule has 2 rings (SSSR count). The highest BCUT2D eigenvalue weighted by Crippen LogP contribution is 2.33. The van der Waals surface area contributed by atoms with E-state index in [-0.39, 0.29) is 5.82 Å². The Hall–Kier alpha value is -1.70. The minimum atomic E-state index is -4.66. The van der Waals surface area contributed by atoms with E-state index in [4.69, 9.17) is 4.74 Å². The van der Waals surface area contributed by atoms with E-state index in [1.54, 1.807) is 23.9 Å². The Morgan fingerprint density at radius 3 is 2.61 bits per heavy atom. The number of benzene rings is 1. The molecule has 0 bridgehead atoms. The van der Waals surface area contributed by atoms with Crippen molar-refractivity contribution in [2.45, 2.75) is 25.8 Å². The highest BCUT2D eigenvalue weighted by molar-refractivity contribution is 7.98. The predicted octanol–water partition coefficient (Wildman–Crippen LogP) is 4.65. The summed E-state index contributed by atoms with van der Waals surface area (Å²) in [5.41, 5.74) is 1.39. The third-order valence-electron chi connectivity index (χ3n) is 2.90. The van der Waals surface area contributed by atoms with Crippen LogP contribution in [0.25, 0.3) is 11.4 Å². The first-order valence-electron chi connectivity index (χ1n) is 6.97. The van der Waals surface area contributed by atoms with Crippen molar-refractivity contribution in [3.63, 3.8) is 0 Å². The van der Waals surface area contributed by atoms with Gasteiger partial charge in [0.15, 0.2) is 0 Å². The van der Waals surface area contributed by atoms with E-state index in [9.17, 15) is 13.2 Å². The summed E-state index contributed by atoms with van der Waals surface area (Å²) in [6.45, 7) is 4.29. The molecule has 0 amide bonds. The zero-order chi connectivity index (χ0) is 17.0. The predicted molar refractivity (Wildman–Crippen MR) is 82.3 cm³/mol. The van der Waals surface area contributed by atoms with Gasteiger partial charge in [-0.25, -0.2) is 0 Å². The number of rotatable bonds is 6. The van der Waals surface area contributed by atoms with Crippen molar-refractivity contribution < 1.29 is 22.4 Å². The Morgan fingerprint density at radius 2 is 2.04 bits per heavy atom. The molecule has 0 aliphatic carbocycles. The van der Waals surface area contributed by atoms with Crippen molar-refractivity contribution in [2.24, 2.45) is 5.92 Å². The fourth-order valence-electron chi connectivity index (χ4n) is 1.87. The standard InChI is InChI=1S/C15H17F3N2O2S/c1-9(2)7-23-8-10-4-5-11(12(6-10)21-3)13-19-14(22-20-13)15(16,17)18/h4-6,9H,7-8H2,1-3H3. The SMILES string of the molecule is COc1cc(CSCC(C)C)ccc1-c1noc(C(F)(F)F)n1. The molecule has 0 fully saturated rings. The second-order valence-electron chi connectivity index (χ2n) is 5.36. The average molecular weight is 346 g/mol. The maximum absolute atomic E-state index is 12.5. The normalized spacial score (nSPS) is 12.0. The Morgan fingerprint density at radius 1 is 1.30 bits per heavy atom. The van der Waals surface area contributed by atoms with E-state index < -0.39 is 12.1 Å². The molecular formula is C15H17F3N2O2S. The lowest BCUT2D eigenvalue weighted by Gasteiger charge is -2.09. The lowest BCUT2D eigenvalue weighted by atomic mass is 10.1. The molecule has 8 heteroatoms. The van der Waals surface area contributed by atoms with Gasteiger partial charge in [0.1, 0.15) is 5.75 Å². The van der Waals surface area contributed by atoms with Crippen LogP contribution in [0.1, 0.15) is 25.3 Å². The Bertz CT molecular complexity index is 656. The van der Waals surface area contributed by atoms with Gasteiger partial charge in [-0.2, -0.15) is 29.9 Å². The summed E-state index contributed by atoms with van der Waals surface area (Å²) < 4.78 is 47.1. The van der Waals surface area contributed by atoms with Gasteiger partial charge in [0, 0.05) is 5.75 Å². The number of halogens is 3. The smallest absolute Gasteiger partial charge is 0.471 e. The van der Waals surface area contributed by atoms with E-state index in [0.717, 1.165) is 17.1 Å². The topological polar surface area (TPSA) is 48.2 Å². The van der Waals surface area contributed by atoms with Crippen molar-refractivity contribution in [2.75, 3.05) is 12.9 Å². The van der Waals surface area contributed by atoms with Crippen LogP contribution in [-0.4, -0.2) is 23.0 Å². The molecule has 0 radical (unpaired) electrons. The van der Waals surface area contributed by atoms with Crippen LogP contribution >= 0.6 is 11.8 Å². The van der Waals surface area contributed by atoms with Crippen LogP contribution in [0, 0.1) is 5.92 Å². The first kappa shape index (κ1) is 17.7. The highest BCUT2D eigenvalue weighted by Gasteiger charge is 2.38. The molecule has 2 aromatic rings. The summed E-state index contributed by atoms with van der Waals surface area (Å²) in [5, 5.41) is 3.39. The molecule has 4 nitrogen and oxygen atoms in total. The van der Waals surface area contributed by atoms with Crippen molar-refractivity contribution in [3.8, 4) is 17.1 Å². The zero-order valence-corrected chi connectivity index (χ0v) is 13.8. The van der Waals surface area contributed by atoms with Gasteiger partial charge >= 0.3 is 12.1 Å². The van der Waals surface area contributed by atoms with Crippen LogP contribution in [-0.2, 0) is 11.9 Å². The van der Waals surface area contributed by atoms with Crippen molar-refractivity contribution >= 4 is 11.8 Å². The molecule has 0 saturated carbocycles. The molecule has 0 aliphatic rings. The summed E-state index contributed by atoms with van der Waals surface area (Å²) in [6.07, 6.45) is -4.66. The van der Waals surface area contributed by atoms with E-state index in [1.807, 2.05) is 6.07 Å². The van der Waals surface area contributed by atoms with Gasteiger partial charge < -0.3 is 9.26 Å². The summed E-state index contributed by atoms with van der Waals surface area (Å²) in [5.74, 6) is 1.34. The largest absolute Gasteiger partial charge is 0.496 e. The van der Waals surface area contributed by atoms with Gasteiger partial charge in [0.2, 0.25) is 5.82 Å². The summed E-state index contributed by atoms with van der Waals surface area (Å²) in [6, 6.07) is 5.26. The van der Waals surface area contributed by atoms with Crippen LogP contribution in [0.5, 0.6) is 5.75 Å². The molecule has 0 spiro atoms. The first-order chi connectivity index (χ1) is 10.8. The highest BCUT2D eigenvalue weighted by atomic mass is 32.2. The lowest BCUT2D eigenvalue weighted by Crippen LogP contribution is -2.04. The molecule has 126 valence electrons. The van der Waals surface area contributed by atoms with E-state index in [0.29, 0.717) is 17.2 Å². The fourth-order valence-corrected chi connectivity index (χ4v) is 2.88. The molecule has 0 unspecified atom stereocenters. The van der Waals surface area contributed by atoms with Crippen LogP contribution in [0.3, 0.4) is 0 Å². The molecular weight excluding hydrogens is 329 g/mol. The Kier molecular flexibility index (Phi) is 5.56. The van der Waals surface area contributed by atoms with Crippen molar-refractivity contribution in [3.05, 3.63) is 29.7 Å². The van der Waals surface area contributed by atoms with Gasteiger partial charge in [0.25, 0.3) is 0 Å². The van der Waals surface area contributed by atoms with Crippen molar-refractivity contribution in [1.82, 2.24) is 10.1 Å². The third kappa shape index (κ3) is 4.63. The van der Waals surface area contributed by atoms with Gasteiger partial charge in [-0.3, -0.25) is 0 Å². The number of methoxy groups -OCH3 is 1. The average Bonchev–Trinajstić information content (AvgIpc) is 2.96. The van der Waals surface area contributed by atoms with E-state index in [1.165, 1.54) is 7.11 Å². The maximum atomic E-state index is 12.5. The van der Waals surface area contributed by atoms with Crippen LogP contribution in [0.2, 0.25) is 0 Å². The van der Waals surface area contributed by atoms with Crippen molar-refractivity contribution in [1.29, 1.82) is 0 Å². The first-order valence-corrected chi connectivity index (χ1v) is 8.12. The fraction of sp³-hybridized carbons (Fsp3) is 0.467. The Balaban J connectivity index is 2.21. The monoisotopic (exact) mass is 346 g/mol. The van der Waals surface area contributed by atoms with Crippen LogP contribution < -0.4 is 4.74 Å². The number of nitrogens with zero attached hydrogens (tertiary/aromatic N) is 2. The number of alkyl halides is 3. The molecule has 0 N–H and O–H groups in total. The molecule has 1 aromatic heterocycles. The minimum Gasteiger partial charge on any atom is -0.496 e. The van der Waals surface area contributed by atoms with Gasteiger partial charge in [-0.15, -0.1) is 0 Å². The maximum Gasteiger partial charge on any atom is 0.471 e. The van der Waals surface area contributed by atoms with Gasteiger partial charge in [-0.1, -0.05) is 25.1 Å². The number of ether oxygens (including phenoxy) is 1. The number of aromatic nitrogens is 2. The quantitative estimate of drug-likeness (QED) is 0.762. The minimum absolute atomic E-state index is 0.143. The molecule has 1 aromatic carbocycles. The lowest BCUT2D eigenvalue weighted by molar-refractivity contribution is -0.159. The van der Waals surface area contributed by atoms with Crippen LogP contribution in [0.4, 0.5) is 13.2 Å². The third-order valence-corrected chi connectivity index (χ3v) is 4.34.